The van der Waals surface area contributed by atoms with Crippen LogP contribution in [0.1, 0.15) is 34.1 Å². The van der Waals surface area contributed by atoms with E-state index in [9.17, 15) is 14.5 Å². The normalized spacial score (nSPS) is 16.8. The number of nitrogens with one attached hydrogen (secondary N) is 1. The van der Waals surface area contributed by atoms with E-state index >= 15 is 0 Å². The van der Waals surface area contributed by atoms with E-state index in [4.69, 9.17) is 15.8 Å². The highest BCUT2D eigenvalue weighted by atomic mass is 35.7. The number of hydrogen-bond acceptors (Lipinski definition) is 3. The molecule has 2 N–H and O–H groups in total. The van der Waals surface area contributed by atoms with E-state index in [0.717, 1.165) is 10.8 Å². The smallest absolute Gasteiger partial charge is 0.410 e. The average molecular weight is 384 g/mol. The van der Waals surface area contributed by atoms with Gasteiger partial charge in [-0.15, -0.1) is 0 Å². The third kappa shape index (κ3) is 5.21. The lowest BCUT2D eigenvalue weighted by Crippen LogP contribution is -2.50. The molecule has 0 aliphatic carbocycles. The van der Waals surface area contributed by atoms with Crippen LogP contribution < -0.4 is 9.61 Å². The average Bonchev–Trinajstić information content (AvgIpc) is 2.44. The Labute approximate surface area is 152 Å². The van der Waals surface area contributed by atoms with E-state index in [2.05, 4.69) is 5.09 Å². The van der Waals surface area contributed by atoms with Gasteiger partial charge in [0.15, 0.2) is 0 Å². The molecule has 2 aromatic carbocycles. The Kier molecular flexibility index (Phi) is 5.53. The van der Waals surface area contributed by atoms with Gasteiger partial charge in [0.25, 0.3) is 0 Å². The lowest BCUT2D eigenvalue weighted by molar-refractivity contribution is -0.144. The Morgan fingerprint density at radius 2 is 1.76 bits per heavy atom. The topological polar surface area (TPSA) is 75.6 Å². The van der Waals surface area contributed by atoms with Crippen LogP contribution >= 0.6 is 18.1 Å². The molecule has 0 fully saturated rings. The highest BCUT2D eigenvalue weighted by molar-refractivity contribution is 7.84. The molecule has 0 saturated heterocycles. The van der Waals surface area contributed by atoms with Crippen LogP contribution in [0.5, 0.6) is 5.75 Å². The second-order valence-corrected chi connectivity index (χ2v) is 10.2. The zero-order chi connectivity index (χ0) is 18.9. The number of fused-ring (bicyclic) bond motifs is 1. The molecular weight excluding hydrogens is 361 g/mol. The van der Waals surface area contributed by atoms with Gasteiger partial charge in [0.2, 0.25) is 0 Å². The zero-order valence-electron chi connectivity index (χ0n) is 14.7. The van der Waals surface area contributed by atoms with Crippen molar-refractivity contribution < 1.29 is 19.0 Å². The molecule has 7 heteroatoms. The molecule has 136 valence electrons. The number of benzene rings is 2. The largest absolute Gasteiger partial charge is 0.480 e. The Morgan fingerprint density at radius 3 is 2.36 bits per heavy atom. The summed E-state index contributed by atoms with van der Waals surface area (Å²) >= 11 is 6.09. The van der Waals surface area contributed by atoms with Gasteiger partial charge in [-0.1, -0.05) is 57.2 Å². The second-order valence-electron chi connectivity index (χ2n) is 7.53. The van der Waals surface area contributed by atoms with Crippen LogP contribution in [0, 0.1) is 5.41 Å². The van der Waals surface area contributed by atoms with E-state index in [0.29, 0.717) is 5.75 Å². The summed E-state index contributed by atoms with van der Waals surface area (Å²) in [7, 11) is 0. The number of carboxylic acid groups (broad SMARTS) is 1. The summed E-state index contributed by atoms with van der Waals surface area (Å²) in [6.45, 7) is 3.23. The fraction of sp³-hybridized carbons (Fsp3) is 0.389. The molecular formula is C18H23ClNO4P. The first-order chi connectivity index (χ1) is 11.4. The number of aliphatic carboxylic acids is 1. The van der Waals surface area contributed by atoms with E-state index in [1.54, 1.807) is 12.1 Å². The highest BCUT2D eigenvalue weighted by Gasteiger charge is 2.43. The zero-order valence-corrected chi connectivity index (χ0v) is 16.4. The van der Waals surface area contributed by atoms with Gasteiger partial charge in [0.1, 0.15) is 11.3 Å². The maximum Gasteiger partial charge on any atom is 0.410 e. The summed E-state index contributed by atoms with van der Waals surface area (Å²) in [5, 5.41) is 13.8. The molecule has 2 aromatic rings. The van der Waals surface area contributed by atoms with Crippen molar-refractivity contribution in [3.63, 3.8) is 0 Å². The van der Waals surface area contributed by atoms with E-state index < -0.39 is 18.4 Å². The number of carbonyl (C=O) groups is 1. The Balaban J connectivity index is 2.31. The van der Waals surface area contributed by atoms with Crippen LogP contribution in [0.4, 0.5) is 0 Å². The molecule has 0 heterocycles. The number of carboxylic acids is 1. The van der Waals surface area contributed by atoms with Crippen LogP contribution in [0.15, 0.2) is 42.5 Å². The predicted molar refractivity (Wildman–Crippen MR) is 101 cm³/mol. The van der Waals surface area contributed by atoms with E-state index in [1.807, 2.05) is 51.1 Å². The molecule has 0 aromatic heterocycles. The standard InChI is InChI=1S/C18H23ClNO4P/c1-17(2,3)12-18(4,16(21)22)20-25(19,23)24-15-11-7-9-13-8-5-6-10-14(13)15/h5-11H,12H2,1-4H3,(H,20,23)(H,21,22)/t18-,25?/m1/s1. The van der Waals surface area contributed by atoms with Crippen molar-refractivity contribution in [2.75, 3.05) is 0 Å². The third-order valence-corrected chi connectivity index (χ3v) is 5.35. The molecule has 0 radical (unpaired) electrons. The van der Waals surface area contributed by atoms with Crippen LogP contribution in [-0.2, 0) is 9.36 Å². The number of hydrogen-bond donors (Lipinski definition) is 2. The van der Waals surface area contributed by atoms with Crippen LogP contribution in [0.3, 0.4) is 0 Å². The first kappa shape index (κ1) is 19.8. The van der Waals surface area contributed by atoms with Crippen LogP contribution in [-0.4, -0.2) is 16.6 Å². The van der Waals surface area contributed by atoms with Crippen LogP contribution in [0.2, 0.25) is 0 Å². The Morgan fingerprint density at radius 1 is 1.16 bits per heavy atom. The highest BCUT2D eigenvalue weighted by Crippen LogP contribution is 2.52. The molecule has 1 unspecified atom stereocenters. The summed E-state index contributed by atoms with van der Waals surface area (Å²) in [5.74, 6) is -0.794. The van der Waals surface area contributed by atoms with Gasteiger partial charge in [-0.3, -0.25) is 4.79 Å². The fourth-order valence-electron chi connectivity index (χ4n) is 2.94. The predicted octanol–water partition coefficient (Wildman–Crippen LogP) is 5.43. The minimum Gasteiger partial charge on any atom is -0.480 e. The summed E-state index contributed by atoms with van der Waals surface area (Å²) in [5.41, 5.74) is -1.80. The van der Waals surface area contributed by atoms with Crippen molar-refractivity contribution in [2.45, 2.75) is 39.7 Å². The minimum absolute atomic E-state index is 0.227. The Hall–Kier alpha value is -1.55. The summed E-state index contributed by atoms with van der Waals surface area (Å²) in [4.78, 5) is 11.7. The molecule has 2 atom stereocenters. The maximum absolute atomic E-state index is 12.8. The van der Waals surface area contributed by atoms with Crippen molar-refractivity contribution in [1.29, 1.82) is 0 Å². The molecule has 0 aliphatic rings. The molecule has 0 spiro atoms. The fourth-order valence-corrected chi connectivity index (χ4v) is 4.95. The molecule has 25 heavy (non-hydrogen) atoms. The van der Waals surface area contributed by atoms with Crippen molar-refractivity contribution in [3.8, 4) is 5.75 Å². The van der Waals surface area contributed by atoms with E-state index in [-0.39, 0.29) is 11.8 Å². The van der Waals surface area contributed by atoms with E-state index in [1.165, 1.54) is 6.92 Å². The summed E-state index contributed by atoms with van der Waals surface area (Å²) < 4.78 is 18.3. The molecule has 0 saturated carbocycles. The van der Waals surface area contributed by atoms with Crippen molar-refractivity contribution in [3.05, 3.63) is 42.5 Å². The van der Waals surface area contributed by atoms with Crippen molar-refractivity contribution in [2.24, 2.45) is 5.41 Å². The van der Waals surface area contributed by atoms with Crippen molar-refractivity contribution >= 4 is 34.9 Å². The van der Waals surface area contributed by atoms with Gasteiger partial charge >= 0.3 is 12.8 Å². The SMILES string of the molecule is CC(C)(C)C[C@@](C)(NP(=O)(Cl)Oc1cccc2ccccc12)C(=O)O. The van der Waals surface area contributed by atoms with Gasteiger partial charge in [0, 0.05) is 16.6 Å². The third-order valence-electron chi connectivity index (χ3n) is 3.70. The lowest BCUT2D eigenvalue weighted by atomic mass is 9.81. The molecule has 0 aliphatic heterocycles. The van der Waals surface area contributed by atoms with Gasteiger partial charge in [-0.2, -0.15) is 0 Å². The monoisotopic (exact) mass is 383 g/mol. The van der Waals surface area contributed by atoms with Gasteiger partial charge in [0.05, 0.1) is 0 Å². The molecule has 2 rings (SSSR count). The van der Waals surface area contributed by atoms with Gasteiger partial charge < -0.3 is 9.63 Å². The second kappa shape index (κ2) is 6.99. The molecule has 0 amide bonds. The number of rotatable bonds is 6. The minimum atomic E-state index is -3.94. The molecule has 0 bridgehead atoms. The first-order valence-corrected chi connectivity index (χ1v) is 10.4. The summed E-state index contributed by atoms with van der Waals surface area (Å²) in [6.07, 6.45) is 0.227. The van der Waals surface area contributed by atoms with Gasteiger partial charge in [-0.25, -0.2) is 9.65 Å². The summed E-state index contributed by atoms with van der Waals surface area (Å²) in [6, 6.07) is 12.8. The lowest BCUT2D eigenvalue weighted by Gasteiger charge is -2.34. The Bertz CT molecular complexity index is 828. The maximum atomic E-state index is 12.8. The number of halogens is 1. The quantitative estimate of drug-likeness (QED) is 0.650. The first-order valence-electron chi connectivity index (χ1n) is 7.92. The van der Waals surface area contributed by atoms with Crippen LogP contribution in [0.25, 0.3) is 10.8 Å². The molecule has 5 nitrogen and oxygen atoms in total. The van der Waals surface area contributed by atoms with Crippen molar-refractivity contribution in [1.82, 2.24) is 5.09 Å². The van der Waals surface area contributed by atoms with Gasteiger partial charge in [-0.05, 0) is 30.2 Å².